The fourth-order valence-electron chi connectivity index (χ4n) is 3.82. The third kappa shape index (κ3) is 3.88. The number of anilines is 1. The number of amides is 2. The molecule has 4 aromatic rings. The van der Waals surface area contributed by atoms with Gasteiger partial charge in [0.25, 0.3) is 11.8 Å². The van der Waals surface area contributed by atoms with Gasteiger partial charge in [-0.05, 0) is 48.9 Å². The standard InChI is InChI=1S/C25H21N3O3/c29-24(27-19-6-4-9-21(16-19)31-20-7-2-1-3-8-20)18-11-10-17-14-23-25(30)26-12-5-13-28(23)22(17)15-18/h1-4,6-11,14-16H,5,12-13H2,(H,26,30)(H,27,29). The molecule has 2 N–H and O–H groups in total. The molecule has 1 aliphatic heterocycles. The monoisotopic (exact) mass is 411 g/mol. The van der Waals surface area contributed by atoms with Crippen LogP contribution in [-0.2, 0) is 6.54 Å². The Morgan fingerprint density at radius 1 is 0.935 bits per heavy atom. The van der Waals surface area contributed by atoms with Crippen LogP contribution in [-0.4, -0.2) is 22.9 Å². The van der Waals surface area contributed by atoms with Gasteiger partial charge in [-0.15, -0.1) is 0 Å². The smallest absolute Gasteiger partial charge is 0.267 e. The molecule has 0 unspecified atom stereocenters. The van der Waals surface area contributed by atoms with E-state index in [1.165, 1.54) is 0 Å². The number of fused-ring (bicyclic) bond motifs is 3. The topological polar surface area (TPSA) is 72.4 Å². The van der Waals surface area contributed by atoms with Crippen LogP contribution < -0.4 is 15.4 Å². The van der Waals surface area contributed by atoms with Gasteiger partial charge in [0.15, 0.2) is 0 Å². The molecule has 1 aliphatic rings. The third-order valence-electron chi connectivity index (χ3n) is 5.31. The second kappa shape index (κ2) is 7.99. The fourth-order valence-corrected chi connectivity index (χ4v) is 3.82. The van der Waals surface area contributed by atoms with E-state index in [0.29, 0.717) is 29.2 Å². The highest BCUT2D eigenvalue weighted by atomic mass is 16.5. The Balaban J connectivity index is 1.39. The normalized spacial score (nSPS) is 13.2. The highest BCUT2D eigenvalue weighted by molar-refractivity contribution is 6.07. The Morgan fingerprint density at radius 3 is 2.65 bits per heavy atom. The first-order valence-electron chi connectivity index (χ1n) is 10.2. The van der Waals surface area contributed by atoms with Crippen molar-refractivity contribution in [3.63, 3.8) is 0 Å². The van der Waals surface area contributed by atoms with Crippen molar-refractivity contribution < 1.29 is 14.3 Å². The van der Waals surface area contributed by atoms with Crippen LogP contribution in [0.1, 0.15) is 27.3 Å². The van der Waals surface area contributed by atoms with Crippen molar-refractivity contribution in [2.24, 2.45) is 0 Å². The summed E-state index contributed by atoms with van der Waals surface area (Å²) in [5.74, 6) is 1.08. The number of aromatic nitrogens is 1. The number of rotatable bonds is 4. The average molecular weight is 411 g/mol. The summed E-state index contributed by atoms with van der Waals surface area (Å²) in [6.07, 6.45) is 0.854. The van der Waals surface area contributed by atoms with Gasteiger partial charge < -0.3 is 19.9 Å². The van der Waals surface area contributed by atoms with Crippen molar-refractivity contribution in [3.05, 3.63) is 90.1 Å². The lowest BCUT2D eigenvalue weighted by molar-refractivity contribution is 0.0950. The second-order valence-electron chi connectivity index (χ2n) is 7.46. The van der Waals surface area contributed by atoms with Crippen LogP contribution in [0.15, 0.2) is 78.9 Å². The van der Waals surface area contributed by atoms with Crippen molar-refractivity contribution >= 4 is 28.4 Å². The van der Waals surface area contributed by atoms with Gasteiger partial charge >= 0.3 is 0 Å². The molecule has 31 heavy (non-hydrogen) atoms. The van der Waals surface area contributed by atoms with Gasteiger partial charge in [-0.2, -0.15) is 0 Å². The number of hydrogen-bond acceptors (Lipinski definition) is 3. The minimum atomic E-state index is -0.215. The van der Waals surface area contributed by atoms with E-state index in [4.69, 9.17) is 4.74 Å². The van der Waals surface area contributed by atoms with Crippen LogP contribution in [0, 0.1) is 0 Å². The molecule has 6 heteroatoms. The van der Waals surface area contributed by atoms with E-state index in [1.54, 1.807) is 12.1 Å². The maximum Gasteiger partial charge on any atom is 0.267 e. The molecular weight excluding hydrogens is 390 g/mol. The molecule has 0 fully saturated rings. The Hall–Kier alpha value is -4.06. The molecule has 0 spiro atoms. The van der Waals surface area contributed by atoms with Crippen LogP contribution >= 0.6 is 0 Å². The number of benzene rings is 3. The Morgan fingerprint density at radius 2 is 1.77 bits per heavy atom. The van der Waals surface area contributed by atoms with Gasteiger partial charge in [-0.1, -0.05) is 30.3 Å². The molecule has 154 valence electrons. The lowest BCUT2D eigenvalue weighted by Gasteiger charge is -2.10. The zero-order valence-electron chi connectivity index (χ0n) is 16.8. The molecule has 0 atom stereocenters. The summed E-state index contributed by atoms with van der Waals surface area (Å²) in [7, 11) is 0. The SMILES string of the molecule is O=C(Nc1cccc(Oc2ccccc2)c1)c1ccc2cc3n(c2c1)CCCNC3=O. The predicted molar refractivity (Wildman–Crippen MR) is 120 cm³/mol. The molecule has 3 aromatic carbocycles. The van der Waals surface area contributed by atoms with Crippen LogP contribution in [0.4, 0.5) is 5.69 Å². The zero-order chi connectivity index (χ0) is 21.2. The minimum absolute atomic E-state index is 0.0741. The summed E-state index contributed by atoms with van der Waals surface area (Å²) >= 11 is 0. The van der Waals surface area contributed by atoms with E-state index >= 15 is 0 Å². The van der Waals surface area contributed by atoms with E-state index in [2.05, 4.69) is 10.6 Å². The molecule has 0 bridgehead atoms. The van der Waals surface area contributed by atoms with E-state index in [0.717, 1.165) is 29.6 Å². The largest absolute Gasteiger partial charge is 0.457 e. The first-order chi connectivity index (χ1) is 15.2. The summed E-state index contributed by atoms with van der Waals surface area (Å²) < 4.78 is 7.83. The van der Waals surface area contributed by atoms with Crippen molar-refractivity contribution in [3.8, 4) is 11.5 Å². The van der Waals surface area contributed by atoms with E-state index in [9.17, 15) is 9.59 Å². The maximum atomic E-state index is 12.9. The maximum absolute atomic E-state index is 12.9. The predicted octanol–water partition coefficient (Wildman–Crippen LogP) is 4.82. The molecule has 2 amide bonds. The Kier molecular flexibility index (Phi) is 4.88. The third-order valence-corrected chi connectivity index (χ3v) is 5.31. The second-order valence-corrected chi connectivity index (χ2v) is 7.46. The van der Waals surface area contributed by atoms with E-state index < -0.39 is 0 Å². The van der Waals surface area contributed by atoms with Crippen LogP contribution in [0.3, 0.4) is 0 Å². The number of carbonyl (C=O) groups excluding carboxylic acids is 2. The molecular formula is C25H21N3O3. The van der Waals surface area contributed by atoms with Crippen molar-refractivity contribution in [1.29, 1.82) is 0 Å². The Labute approximate surface area is 179 Å². The minimum Gasteiger partial charge on any atom is -0.457 e. The van der Waals surface area contributed by atoms with Gasteiger partial charge in [0.1, 0.15) is 17.2 Å². The number of nitrogens with one attached hydrogen (secondary N) is 2. The summed E-state index contributed by atoms with van der Waals surface area (Å²) in [6, 6.07) is 24.2. The highest BCUT2D eigenvalue weighted by Crippen LogP contribution is 2.26. The molecule has 6 nitrogen and oxygen atoms in total. The first-order valence-corrected chi connectivity index (χ1v) is 10.2. The summed E-state index contributed by atoms with van der Waals surface area (Å²) in [5, 5.41) is 6.78. The fraction of sp³-hybridized carbons (Fsp3) is 0.120. The quantitative estimate of drug-likeness (QED) is 0.506. The van der Waals surface area contributed by atoms with Gasteiger partial charge in [-0.25, -0.2) is 0 Å². The number of aryl methyl sites for hydroxylation is 1. The number of hydrogen-bond donors (Lipinski definition) is 2. The lowest BCUT2D eigenvalue weighted by atomic mass is 10.1. The van der Waals surface area contributed by atoms with Gasteiger partial charge in [0, 0.05) is 41.3 Å². The summed E-state index contributed by atoms with van der Waals surface area (Å²) in [4.78, 5) is 25.2. The van der Waals surface area contributed by atoms with Gasteiger partial charge in [0.05, 0.1) is 0 Å². The average Bonchev–Trinajstić information content (AvgIpc) is 3.05. The van der Waals surface area contributed by atoms with Crippen LogP contribution in [0.25, 0.3) is 10.9 Å². The number of ether oxygens (including phenoxy) is 1. The summed E-state index contributed by atoms with van der Waals surface area (Å²) in [5.41, 5.74) is 2.70. The van der Waals surface area contributed by atoms with Crippen molar-refractivity contribution in [1.82, 2.24) is 9.88 Å². The number of carbonyl (C=O) groups is 2. The van der Waals surface area contributed by atoms with E-state index in [-0.39, 0.29) is 11.8 Å². The van der Waals surface area contributed by atoms with Crippen molar-refractivity contribution in [2.75, 3.05) is 11.9 Å². The summed E-state index contributed by atoms with van der Waals surface area (Å²) in [6.45, 7) is 1.39. The van der Waals surface area contributed by atoms with Crippen molar-refractivity contribution in [2.45, 2.75) is 13.0 Å². The lowest BCUT2D eigenvalue weighted by Crippen LogP contribution is -2.22. The molecule has 0 aliphatic carbocycles. The molecule has 0 saturated heterocycles. The highest BCUT2D eigenvalue weighted by Gasteiger charge is 2.19. The number of para-hydroxylation sites is 1. The Bertz CT molecular complexity index is 1280. The van der Waals surface area contributed by atoms with Gasteiger partial charge in [0.2, 0.25) is 0 Å². The van der Waals surface area contributed by atoms with Crippen LogP contribution in [0.5, 0.6) is 11.5 Å². The van der Waals surface area contributed by atoms with Crippen LogP contribution in [0.2, 0.25) is 0 Å². The molecule has 2 heterocycles. The molecule has 5 rings (SSSR count). The zero-order valence-corrected chi connectivity index (χ0v) is 16.8. The molecule has 0 radical (unpaired) electrons. The van der Waals surface area contributed by atoms with E-state index in [1.807, 2.05) is 71.3 Å². The van der Waals surface area contributed by atoms with Gasteiger partial charge in [-0.3, -0.25) is 9.59 Å². The first kappa shape index (κ1) is 18.9. The number of nitrogens with zero attached hydrogens (tertiary/aromatic N) is 1. The molecule has 1 aromatic heterocycles. The molecule has 0 saturated carbocycles.